The third kappa shape index (κ3) is 13.6. The van der Waals surface area contributed by atoms with Gasteiger partial charge in [0.25, 0.3) is 0 Å². The highest BCUT2D eigenvalue weighted by Crippen LogP contribution is 2.19. The number of ketones is 8. The molecule has 0 saturated heterocycles. The predicted octanol–water partition coefficient (Wildman–Crippen LogP) is 12.9. The summed E-state index contributed by atoms with van der Waals surface area (Å²) in [6.45, 7) is 11.4. The second-order valence-corrected chi connectivity index (χ2v) is 16.2. The Kier molecular flexibility index (Phi) is 18.8. The molecule has 348 valence electrons. The fraction of sp³-hybridized carbons (Fsp3) is 0.0968. The molecule has 8 nitrogen and oxygen atoms in total. The zero-order valence-corrected chi connectivity index (χ0v) is 39.9. The Labute approximate surface area is 408 Å². The molecule has 0 aromatic heterocycles. The SMILES string of the molecule is Cc1cccc(C(=O)C(=O)c2ccccc2)c1C.Cc1cccc(C(=O)C(=O)c2ccccc2)c1C.Cc1cccc(C(=O)C(=O)c2ccccc2)c1C.O=C(C(=O)c1ccccc1)c1ccccc1. The molecule has 0 unspecified atom stereocenters. The first-order chi connectivity index (χ1) is 33.6. The standard InChI is InChI=1S/3C16H14O2.C14H10O2/c3*1-11-7-6-10-14(12(11)2)16(18)15(17)13-8-4-3-5-9-13;15-13(11-7-3-1-4-8-11)14(16)12-9-5-2-6-10-12/h3*3-10H,1-2H3;1-10H. The minimum atomic E-state index is -0.466. The predicted molar refractivity (Wildman–Crippen MR) is 275 cm³/mol. The van der Waals surface area contributed by atoms with Gasteiger partial charge in [0.2, 0.25) is 46.3 Å². The summed E-state index contributed by atoms with van der Waals surface area (Å²) in [7, 11) is 0. The van der Waals surface area contributed by atoms with Crippen molar-refractivity contribution in [1.82, 2.24) is 0 Å². The van der Waals surface area contributed by atoms with Crippen LogP contribution in [0.3, 0.4) is 0 Å². The largest absolute Gasteiger partial charge is 0.285 e. The van der Waals surface area contributed by atoms with Crippen LogP contribution >= 0.6 is 0 Å². The van der Waals surface area contributed by atoms with Crippen molar-refractivity contribution < 1.29 is 38.4 Å². The zero-order valence-electron chi connectivity index (χ0n) is 39.9. The average Bonchev–Trinajstić information content (AvgIpc) is 3.41. The summed E-state index contributed by atoms with van der Waals surface area (Å²) in [6, 6.07) is 59.4. The molecule has 0 amide bonds. The van der Waals surface area contributed by atoms with Gasteiger partial charge in [0, 0.05) is 44.5 Å². The number of hydrogen-bond acceptors (Lipinski definition) is 8. The normalized spacial score (nSPS) is 10.0. The summed E-state index contributed by atoms with van der Waals surface area (Å²) in [5, 5.41) is 0. The lowest BCUT2D eigenvalue weighted by Gasteiger charge is -2.06. The van der Waals surface area contributed by atoms with Gasteiger partial charge in [0.05, 0.1) is 0 Å². The molecule has 8 aromatic carbocycles. The summed E-state index contributed by atoms with van der Waals surface area (Å²) in [5.41, 5.74) is 9.27. The zero-order chi connectivity index (χ0) is 50.7. The van der Waals surface area contributed by atoms with E-state index in [1.165, 1.54) is 0 Å². The van der Waals surface area contributed by atoms with Gasteiger partial charge in [0.15, 0.2) is 0 Å². The number of Topliss-reactive ketones (excluding diaryl/α,β-unsaturated/α-hetero) is 8. The van der Waals surface area contributed by atoms with Crippen molar-refractivity contribution in [2.75, 3.05) is 0 Å². The van der Waals surface area contributed by atoms with Gasteiger partial charge in [-0.1, -0.05) is 206 Å². The molecule has 0 aliphatic rings. The van der Waals surface area contributed by atoms with E-state index in [2.05, 4.69) is 0 Å². The van der Waals surface area contributed by atoms with Crippen LogP contribution in [0.1, 0.15) is 116 Å². The highest BCUT2D eigenvalue weighted by molar-refractivity contribution is 6.51. The van der Waals surface area contributed by atoms with Crippen molar-refractivity contribution in [1.29, 1.82) is 0 Å². The molecule has 0 heterocycles. The molecule has 0 fully saturated rings. The van der Waals surface area contributed by atoms with E-state index in [1.54, 1.807) is 158 Å². The smallest absolute Gasteiger partial charge is 0.233 e. The fourth-order valence-electron chi connectivity index (χ4n) is 6.96. The first-order valence-corrected chi connectivity index (χ1v) is 22.4. The fourth-order valence-corrected chi connectivity index (χ4v) is 6.96. The molecule has 0 aliphatic carbocycles. The molecule has 0 radical (unpaired) electrons. The number of aryl methyl sites for hydroxylation is 3. The third-order valence-electron chi connectivity index (χ3n) is 11.6. The van der Waals surface area contributed by atoms with E-state index in [1.807, 2.05) is 90.1 Å². The van der Waals surface area contributed by atoms with Gasteiger partial charge < -0.3 is 0 Å². The highest BCUT2D eigenvalue weighted by Gasteiger charge is 2.23. The number of carbonyl (C=O) groups excluding carboxylic acids is 8. The van der Waals surface area contributed by atoms with Crippen LogP contribution < -0.4 is 0 Å². The van der Waals surface area contributed by atoms with Crippen molar-refractivity contribution in [3.8, 4) is 0 Å². The second kappa shape index (κ2) is 25.3. The number of rotatable bonds is 12. The van der Waals surface area contributed by atoms with Crippen LogP contribution in [0.25, 0.3) is 0 Å². The first kappa shape index (κ1) is 52.1. The van der Waals surface area contributed by atoms with Crippen molar-refractivity contribution in [2.45, 2.75) is 41.5 Å². The van der Waals surface area contributed by atoms with Crippen LogP contribution in [-0.2, 0) is 0 Å². The molecular weight excluding hydrogens is 873 g/mol. The van der Waals surface area contributed by atoms with Crippen LogP contribution in [0.5, 0.6) is 0 Å². The number of carbonyl (C=O) groups is 8. The van der Waals surface area contributed by atoms with Gasteiger partial charge in [0.1, 0.15) is 0 Å². The van der Waals surface area contributed by atoms with E-state index >= 15 is 0 Å². The maximum absolute atomic E-state index is 12.2. The van der Waals surface area contributed by atoms with Gasteiger partial charge in [-0.15, -0.1) is 0 Å². The maximum atomic E-state index is 12.2. The minimum absolute atomic E-state index is 0.427. The van der Waals surface area contributed by atoms with Crippen molar-refractivity contribution >= 4 is 46.3 Å². The van der Waals surface area contributed by atoms with E-state index in [9.17, 15) is 38.4 Å². The molecular formula is C62H52O8. The molecule has 8 heteroatoms. The third-order valence-corrected chi connectivity index (χ3v) is 11.6. The molecule has 0 bridgehead atoms. The van der Waals surface area contributed by atoms with Gasteiger partial charge >= 0.3 is 0 Å². The monoisotopic (exact) mass is 924 g/mol. The van der Waals surface area contributed by atoms with Crippen LogP contribution in [0.2, 0.25) is 0 Å². The van der Waals surface area contributed by atoms with Crippen LogP contribution in [0.4, 0.5) is 0 Å². The topological polar surface area (TPSA) is 137 Å². The second-order valence-electron chi connectivity index (χ2n) is 16.2. The summed E-state index contributed by atoms with van der Waals surface area (Å²) in [6.07, 6.45) is 0. The molecule has 70 heavy (non-hydrogen) atoms. The summed E-state index contributed by atoms with van der Waals surface area (Å²) < 4.78 is 0. The van der Waals surface area contributed by atoms with Gasteiger partial charge in [-0.3, -0.25) is 38.4 Å². The Morgan fingerprint density at radius 1 is 0.200 bits per heavy atom. The minimum Gasteiger partial charge on any atom is -0.285 e. The van der Waals surface area contributed by atoms with Crippen LogP contribution in [-0.4, -0.2) is 46.3 Å². The van der Waals surface area contributed by atoms with E-state index in [0.29, 0.717) is 44.5 Å². The molecule has 0 aliphatic heterocycles. The molecule has 0 N–H and O–H groups in total. The van der Waals surface area contributed by atoms with Gasteiger partial charge in [-0.2, -0.15) is 0 Å². The van der Waals surface area contributed by atoms with Gasteiger partial charge in [-0.25, -0.2) is 0 Å². The lowest BCUT2D eigenvalue weighted by molar-refractivity contribution is 0.0816. The van der Waals surface area contributed by atoms with Crippen molar-refractivity contribution in [3.63, 3.8) is 0 Å². The van der Waals surface area contributed by atoms with Gasteiger partial charge in [-0.05, 0) is 74.9 Å². The van der Waals surface area contributed by atoms with Crippen molar-refractivity contribution in [3.05, 3.63) is 284 Å². The molecule has 8 aromatic rings. The summed E-state index contributed by atoms with van der Waals surface area (Å²) in [4.78, 5) is 96.3. The Morgan fingerprint density at radius 3 is 0.557 bits per heavy atom. The summed E-state index contributed by atoms with van der Waals surface area (Å²) in [5.74, 6) is -3.62. The first-order valence-electron chi connectivity index (χ1n) is 22.4. The molecule has 8 rings (SSSR count). The average molecular weight is 925 g/mol. The lowest BCUT2D eigenvalue weighted by atomic mass is 9.95. The number of hydrogen-bond donors (Lipinski definition) is 0. The van der Waals surface area contributed by atoms with Crippen molar-refractivity contribution in [2.24, 2.45) is 0 Å². The molecule has 0 saturated carbocycles. The molecule has 0 spiro atoms. The Bertz CT molecular complexity index is 2840. The van der Waals surface area contributed by atoms with E-state index < -0.39 is 46.3 Å². The van der Waals surface area contributed by atoms with E-state index in [-0.39, 0.29) is 0 Å². The Morgan fingerprint density at radius 2 is 0.371 bits per heavy atom. The number of benzene rings is 8. The van der Waals surface area contributed by atoms with E-state index in [4.69, 9.17) is 0 Å². The van der Waals surface area contributed by atoms with E-state index in [0.717, 1.165) is 33.4 Å². The maximum Gasteiger partial charge on any atom is 0.233 e. The van der Waals surface area contributed by atoms with Crippen LogP contribution in [0, 0.1) is 41.5 Å². The highest BCUT2D eigenvalue weighted by atomic mass is 16.2. The summed E-state index contributed by atoms with van der Waals surface area (Å²) >= 11 is 0. The van der Waals surface area contributed by atoms with Crippen LogP contribution in [0.15, 0.2) is 206 Å². The molecule has 0 atom stereocenters. The lowest BCUT2D eigenvalue weighted by Crippen LogP contribution is -2.15. The quantitative estimate of drug-likeness (QED) is 0.0872. The Balaban J connectivity index is 0.000000174. The Hall–Kier alpha value is -8.88.